The zero-order chi connectivity index (χ0) is 23.0. The van der Waals surface area contributed by atoms with Gasteiger partial charge in [-0.2, -0.15) is 0 Å². The Morgan fingerprint density at radius 3 is 1.85 bits per heavy atom. The summed E-state index contributed by atoms with van der Waals surface area (Å²) in [5.41, 5.74) is 1.26. The summed E-state index contributed by atoms with van der Waals surface area (Å²) < 4.78 is 0. The summed E-state index contributed by atoms with van der Waals surface area (Å²) in [4.78, 5) is 23.9. The molecule has 2 aromatic heterocycles. The van der Waals surface area contributed by atoms with E-state index in [2.05, 4.69) is 96.0 Å². The first kappa shape index (κ1) is 21.5. The van der Waals surface area contributed by atoms with E-state index < -0.39 is 7.26 Å². The Morgan fingerprint density at radius 1 is 0.765 bits per heavy atom. The Kier molecular flexibility index (Phi) is 5.64. The monoisotopic (exact) mass is 482 g/mol. The van der Waals surface area contributed by atoms with Crippen molar-refractivity contribution in [3.8, 4) is 0 Å². The number of aromatic nitrogens is 2. The van der Waals surface area contributed by atoms with Crippen LogP contribution in [0.3, 0.4) is 0 Å². The topological polar surface area (TPSA) is 45.8 Å². The molecule has 0 aliphatic heterocycles. The number of fused-ring (bicyclic) bond motifs is 3. The molecule has 0 fully saturated rings. The maximum absolute atomic E-state index is 13.4. The minimum atomic E-state index is -2.51. The van der Waals surface area contributed by atoms with Gasteiger partial charge in [0.15, 0.2) is 0 Å². The van der Waals surface area contributed by atoms with Crippen molar-refractivity contribution in [1.29, 1.82) is 0 Å². The van der Waals surface area contributed by atoms with Crippen molar-refractivity contribution in [2.45, 2.75) is 31.8 Å². The summed E-state index contributed by atoms with van der Waals surface area (Å²) in [6.07, 6.45) is 5.14. The van der Waals surface area contributed by atoms with E-state index in [-0.39, 0.29) is 5.56 Å². The fourth-order valence-corrected chi connectivity index (χ4v) is 11.4. The third-order valence-electron chi connectivity index (χ3n) is 7.11. The average Bonchev–Trinajstić information content (AvgIpc) is 3.28. The molecule has 0 saturated heterocycles. The molecular weight excluding hydrogens is 455 g/mol. The van der Waals surface area contributed by atoms with Crippen LogP contribution >= 0.6 is 18.6 Å². The van der Waals surface area contributed by atoms with Crippen molar-refractivity contribution in [3.05, 3.63) is 118 Å². The van der Waals surface area contributed by atoms with E-state index in [1.54, 1.807) is 11.3 Å². The predicted octanol–water partition coefficient (Wildman–Crippen LogP) is 5.09. The second-order valence-electron chi connectivity index (χ2n) is 9.08. The summed E-state index contributed by atoms with van der Waals surface area (Å²) in [7, 11) is -2.51. The van der Waals surface area contributed by atoms with Gasteiger partial charge in [0, 0.05) is 0 Å². The SMILES string of the molecule is O=c1[nH]c(C[PH](c2ccccc2)(c2ccccc2)c2ccccc2)nc2sc3c(c12)CCCC3. The fourth-order valence-electron chi connectivity index (χ4n) is 5.52. The molecule has 0 unspecified atom stereocenters. The molecule has 0 saturated carbocycles. The number of benzene rings is 3. The van der Waals surface area contributed by atoms with Crippen LogP contribution in [0.5, 0.6) is 0 Å². The molecule has 0 radical (unpaired) electrons. The van der Waals surface area contributed by atoms with E-state index in [0.717, 1.165) is 35.3 Å². The maximum atomic E-state index is 13.4. The normalized spacial score (nSPS) is 14.1. The average molecular weight is 483 g/mol. The van der Waals surface area contributed by atoms with Crippen LogP contribution in [0.1, 0.15) is 29.1 Å². The molecule has 170 valence electrons. The molecule has 2 heterocycles. The van der Waals surface area contributed by atoms with Crippen LogP contribution in [0.4, 0.5) is 0 Å². The molecule has 0 atom stereocenters. The molecule has 0 spiro atoms. The molecule has 6 rings (SSSR count). The van der Waals surface area contributed by atoms with E-state index in [9.17, 15) is 4.79 Å². The van der Waals surface area contributed by atoms with Gasteiger partial charge in [0.2, 0.25) is 0 Å². The summed E-state index contributed by atoms with van der Waals surface area (Å²) >= 11 is 1.73. The van der Waals surface area contributed by atoms with Gasteiger partial charge in [-0.3, -0.25) is 0 Å². The zero-order valence-corrected chi connectivity index (χ0v) is 20.8. The Balaban J connectivity index is 1.59. The minimum absolute atomic E-state index is 0.0245. The summed E-state index contributed by atoms with van der Waals surface area (Å²) in [5, 5.41) is 4.79. The van der Waals surface area contributed by atoms with Crippen LogP contribution in [0.15, 0.2) is 95.8 Å². The van der Waals surface area contributed by atoms with Crippen LogP contribution < -0.4 is 21.5 Å². The summed E-state index contributed by atoms with van der Waals surface area (Å²) in [6.45, 7) is 0. The van der Waals surface area contributed by atoms with Gasteiger partial charge in [-0.1, -0.05) is 0 Å². The molecule has 34 heavy (non-hydrogen) atoms. The quantitative estimate of drug-likeness (QED) is 0.355. The number of H-pyrrole nitrogens is 1. The Morgan fingerprint density at radius 2 is 1.29 bits per heavy atom. The Labute approximate surface area is 203 Å². The molecule has 0 amide bonds. The van der Waals surface area contributed by atoms with Crippen LogP contribution in [-0.4, -0.2) is 9.97 Å². The first-order valence-electron chi connectivity index (χ1n) is 12.0. The number of aromatic amines is 1. The summed E-state index contributed by atoms with van der Waals surface area (Å²) in [5.74, 6) is 0.791. The first-order chi connectivity index (χ1) is 16.8. The second kappa shape index (κ2) is 8.94. The van der Waals surface area contributed by atoms with Crippen molar-refractivity contribution in [1.82, 2.24) is 9.97 Å². The van der Waals surface area contributed by atoms with Gasteiger partial charge in [0.25, 0.3) is 0 Å². The van der Waals surface area contributed by atoms with Crippen molar-refractivity contribution in [3.63, 3.8) is 0 Å². The van der Waals surface area contributed by atoms with Gasteiger partial charge in [-0.25, -0.2) is 0 Å². The Hall–Kier alpha value is -3.07. The molecule has 3 aromatic carbocycles. The number of hydrogen-bond acceptors (Lipinski definition) is 3. The Bertz CT molecular complexity index is 1400. The third kappa shape index (κ3) is 3.62. The first-order valence-corrected chi connectivity index (χ1v) is 15.0. The van der Waals surface area contributed by atoms with Crippen molar-refractivity contribution in [2.24, 2.45) is 0 Å². The molecule has 3 nitrogen and oxygen atoms in total. The number of thiophene rings is 1. The number of hydrogen-bond donors (Lipinski definition) is 1. The van der Waals surface area contributed by atoms with Crippen molar-refractivity contribution >= 4 is 44.7 Å². The molecule has 1 aliphatic carbocycles. The van der Waals surface area contributed by atoms with Crippen LogP contribution in [0.2, 0.25) is 0 Å². The third-order valence-corrected chi connectivity index (χ3v) is 13.1. The van der Waals surface area contributed by atoms with E-state index in [1.807, 2.05) is 0 Å². The fraction of sp³-hybridized carbons (Fsp3) is 0.172. The molecular formula is C29H27N2OPS. The molecule has 1 aliphatic rings. The molecule has 5 heteroatoms. The van der Waals surface area contributed by atoms with Gasteiger partial charge in [0.1, 0.15) is 0 Å². The molecule has 0 bridgehead atoms. The van der Waals surface area contributed by atoms with Crippen LogP contribution in [-0.2, 0) is 19.0 Å². The second-order valence-corrected chi connectivity index (χ2v) is 14.1. The number of nitrogens with one attached hydrogen (secondary N) is 1. The molecule has 5 aromatic rings. The van der Waals surface area contributed by atoms with Gasteiger partial charge in [-0.15, -0.1) is 0 Å². The van der Waals surface area contributed by atoms with E-state index in [4.69, 9.17) is 4.98 Å². The van der Waals surface area contributed by atoms with E-state index in [0.29, 0.717) is 6.16 Å². The van der Waals surface area contributed by atoms with Crippen molar-refractivity contribution < 1.29 is 0 Å². The van der Waals surface area contributed by atoms with Crippen LogP contribution in [0.25, 0.3) is 10.2 Å². The van der Waals surface area contributed by atoms with Gasteiger partial charge in [0.05, 0.1) is 0 Å². The van der Waals surface area contributed by atoms with Crippen molar-refractivity contribution in [2.75, 3.05) is 0 Å². The van der Waals surface area contributed by atoms with Gasteiger partial charge < -0.3 is 0 Å². The standard InChI is InChI=1S/C29H27N2OPS/c32-28-27-24-18-10-11-19-25(24)34-29(27)31-26(30-28)20-33(21-12-4-1-5-13-21,22-14-6-2-7-15-22)23-16-8-3-9-17-23/h1-9,12-17,33H,10-11,18-20H2,(H,30,31,32). The van der Waals surface area contributed by atoms with Gasteiger partial charge >= 0.3 is 204 Å². The number of rotatable bonds is 5. The molecule has 1 N–H and O–H groups in total. The number of aryl methyl sites for hydroxylation is 2. The van der Waals surface area contributed by atoms with Crippen LogP contribution in [0, 0.1) is 0 Å². The van der Waals surface area contributed by atoms with E-state index >= 15 is 0 Å². The predicted molar refractivity (Wildman–Crippen MR) is 147 cm³/mol. The summed E-state index contributed by atoms with van der Waals surface area (Å²) in [6, 6.07) is 32.4. The van der Waals surface area contributed by atoms with E-state index in [1.165, 1.54) is 32.8 Å². The van der Waals surface area contributed by atoms with Gasteiger partial charge in [-0.05, 0) is 0 Å². The zero-order valence-electron chi connectivity index (χ0n) is 19.0. The number of nitrogens with zero attached hydrogens (tertiary/aromatic N) is 1.